The van der Waals surface area contributed by atoms with Crippen LogP contribution in [0.25, 0.3) is 6.08 Å². The Hall–Kier alpha value is -2.59. The highest BCUT2D eigenvalue weighted by Gasteiger charge is 2.16. The van der Waals surface area contributed by atoms with E-state index in [4.69, 9.17) is 14.6 Å². The molecule has 0 aliphatic rings. The topological polar surface area (TPSA) is 55.8 Å². The van der Waals surface area contributed by atoms with Gasteiger partial charge in [0, 0.05) is 18.7 Å². The Kier molecular flexibility index (Phi) is 12.3. The SMILES string of the molecule is CCC(CC(C)CC(C)OC)Oc1ccccc1C=CC(C)=CC=CC(C)=CC(=O)O. The van der Waals surface area contributed by atoms with Crippen molar-refractivity contribution in [2.45, 2.75) is 66.1 Å². The molecule has 31 heavy (non-hydrogen) atoms. The highest BCUT2D eigenvalue weighted by Crippen LogP contribution is 2.25. The number of aliphatic carboxylic acids is 1. The van der Waals surface area contributed by atoms with Crippen molar-refractivity contribution in [2.24, 2.45) is 5.92 Å². The number of carboxylic acid groups (broad SMARTS) is 1. The predicted octanol–water partition coefficient (Wildman–Crippen LogP) is 6.84. The Morgan fingerprint density at radius 3 is 2.45 bits per heavy atom. The lowest BCUT2D eigenvalue weighted by atomic mass is 9.96. The molecule has 0 aromatic heterocycles. The third-order valence-electron chi connectivity index (χ3n) is 5.07. The van der Waals surface area contributed by atoms with Crippen LogP contribution in [-0.2, 0) is 9.53 Å². The molecule has 0 aliphatic carbocycles. The van der Waals surface area contributed by atoms with Gasteiger partial charge >= 0.3 is 5.97 Å². The molecule has 0 bridgehead atoms. The van der Waals surface area contributed by atoms with E-state index < -0.39 is 5.97 Å². The van der Waals surface area contributed by atoms with Crippen molar-refractivity contribution in [3.05, 3.63) is 71.4 Å². The van der Waals surface area contributed by atoms with Crippen molar-refractivity contribution < 1.29 is 19.4 Å². The van der Waals surface area contributed by atoms with E-state index in [1.807, 2.05) is 43.4 Å². The summed E-state index contributed by atoms with van der Waals surface area (Å²) in [6, 6.07) is 8.08. The highest BCUT2D eigenvalue weighted by molar-refractivity contribution is 5.81. The van der Waals surface area contributed by atoms with Gasteiger partial charge in [-0.2, -0.15) is 0 Å². The van der Waals surface area contributed by atoms with Gasteiger partial charge in [-0.1, -0.05) is 68.0 Å². The summed E-state index contributed by atoms with van der Waals surface area (Å²) in [6.45, 7) is 10.3. The molecule has 0 amide bonds. The number of hydrogen-bond acceptors (Lipinski definition) is 3. The van der Waals surface area contributed by atoms with Crippen molar-refractivity contribution in [1.82, 2.24) is 0 Å². The molecule has 3 atom stereocenters. The van der Waals surface area contributed by atoms with Crippen LogP contribution >= 0.6 is 0 Å². The van der Waals surface area contributed by atoms with Crippen LogP contribution in [0.4, 0.5) is 0 Å². The minimum absolute atomic E-state index is 0.164. The van der Waals surface area contributed by atoms with E-state index in [-0.39, 0.29) is 12.2 Å². The quantitative estimate of drug-likeness (QED) is 0.277. The molecule has 0 fully saturated rings. The van der Waals surface area contributed by atoms with Crippen LogP contribution in [0.1, 0.15) is 59.4 Å². The first-order chi connectivity index (χ1) is 14.7. The number of allylic oxidation sites excluding steroid dienone is 6. The molecular formula is C27H38O4. The number of para-hydroxylation sites is 1. The fourth-order valence-corrected chi connectivity index (χ4v) is 3.28. The third kappa shape index (κ3) is 11.4. The van der Waals surface area contributed by atoms with Gasteiger partial charge in [0.15, 0.2) is 0 Å². The highest BCUT2D eigenvalue weighted by atomic mass is 16.5. The van der Waals surface area contributed by atoms with Gasteiger partial charge in [0.05, 0.1) is 12.2 Å². The van der Waals surface area contributed by atoms with Crippen LogP contribution in [-0.4, -0.2) is 30.4 Å². The summed E-state index contributed by atoms with van der Waals surface area (Å²) in [5.41, 5.74) is 2.79. The lowest BCUT2D eigenvalue weighted by Gasteiger charge is -2.23. The second kappa shape index (κ2) is 14.4. The summed E-state index contributed by atoms with van der Waals surface area (Å²) in [6.07, 6.45) is 14.3. The molecule has 1 N–H and O–H groups in total. The van der Waals surface area contributed by atoms with Crippen LogP contribution in [0, 0.1) is 5.92 Å². The Morgan fingerprint density at radius 1 is 1.10 bits per heavy atom. The van der Waals surface area contributed by atoms with Crippen molar-refractivity contribution in [3.8, 4) is 5.75 Å². The lowest BCUT2D eigenvalue weighted by molar-refractivity contribution is -0.131. The number of rotatable bonds is 13. The molecule has 0 radical (unpaired) electrons. The normalized spacial score (nSPS) is 15.9. The molecule has 0 saturated carbocycles. The number of carboxylic acids is 1. The van der Waals surface area contributed by atoms with Gasteiger partial charge in [-0.3, -0.25) is 0 Å². The van der Waals surface area contributed by atoms with Crippen LogP contribution in [0.3, 0.4) is 0 Å². The molecule has 0 heterocycles. The number of carbonyl (C=O) groups is 1. The summed E-state index contributed by atoms with van der Waals surface area (Å²) >= 11 is 0. The van der Waals surface area contributed by atoms with Crippen molar-refractivity contribution >= 4 is 12.0 Å². The maximum atomic E-state index is 10.7. The number of hydrogen-bond donors (Lipinski definition) is 1. The van der Waals surface area contributed by atoms with Crippen molar-refractivity contribution in [1.29, 1.82) is 0 Å². The maximum Gasteiger partial charge on any atom is 0.328 e. The van der Waals surface area contributed by atoms with E-state index >= 15 is 0 Å². The number of benzene rings is 1. The van der Waals surface area contributed by atoms with Crippen LogP contribution in [0.5, 0.6) is 5.75 Å². The van der Waals surface area contributed by atoms with Crippen LogP contribution in [0.2, 0.25) is 0 Å². The first-order valence-corrected chi connectivity index (χ1v) is 11.0. The van der Waals surface area contributed by atoms with Gasteiger partial charge in [-0.25, -0.2) is 4.79 Å². The summed E-state index contributed by atoms with van der Waals surface area (Å²) in [7, 11) is 1.76. The van der Waals surface area contributed by atoms with E-state index in [1.54, 1.807) is 20.1 Å². The zero-order chi connectivity index (χ0) is 23.2. The van der Waals surface area contributed by atoms with E-state index in [0.29, 0.717) is 11.5 Å². The monoisotopic (exact) mass is 426 g/mol. The molecule has 0 saturated heterocycles. The number of ether oxygens (including phenoxy) is 2. The van der Waals surface area contributed by atoms with Gasteiger partial charge < -0.3 is 14.6 Å². The van der Waals surface area contributed by atoms with E-state index in [0.717, 1.165) is 36.1 Å². The molecule has 170 valence electrons. The molecule has 4 nitrogen and oxygen atoms in total. The third-order valence-corrected chi connectivity index (χ3v) is 5.07. The minimum atomic E-state index is -0.938. The first-order valence-electron chi connectivity index (χ1n) is 11.0. The lowest BCUT2D eigenvalue weighted by Crippen LogP contribution is -2.21. The summed E-state index contributed by atoms with van der Waals surface area (Å²) in [5.74, 6) is 0.478. The molecule has 4 heteroatoms. The maximum absolute atomic E-state index is 10.7. The second-order valence-corrected chi connectivity index (χ2v) is 8.14. The summed E-state index contributed by atoms with van der Waals surface area (Å²) in [4.78, 5) is 10.7. The summed E-state index contributed by atoms with van der Waals surface area (Å²) < 4.78 is 11.8. The average molecular weight is 427 g/mol. The fourth-order valence-electron chi connectivity index (χ4n) is 3.28. The molecule has 1 aromatic carbocycles. The van der Waals surface area contributed by atoms with Gasteiger partial charge in [-0.05, 0) is 57.6 Å². The Morgan fingerprint density at radius 2 is 1.81 bits per heavy atom. The van der Waals surface area contributed by atoms with Gasteiger partial charge in [0.1, 0.15) is 5.75 Å². The van der Waals surface area contributed by atoms with Gasteiger partial charge in [-0.15, -0.1) is 0 Å². The Labute approximate surface area is 188 Å². The zero-order valence-corrected chi connectivity index (χ0v) is 19.8. The Bertz CT molecular complexity index is 801. The van der Waals surface area contributed by atoms with Gasteiger partial charge in [0.2, 0.25) is 0 Å². The molecular weight excluding hydrogens is 388 g/mol. The predicted molar refractivity (Wildman–Crippen MR) is 129 cm³/mol. The van der Waals surface area contributed by atoms with Crippen molar-refractivity contribution in [3.63, 3.8) is 0 Å². The van der Waals surface area contributed by atoms with E-state index in [1.165, 1.54) is 6.08 Å². The van der Waals surface area contributed by atoms with Gasteiger partial charge in [0.25, 0.3) is 0 Å². The average Bonchev–Trinajstić information content (AvgIpc) is 2.71. The molecule has 0 spiro atoms. The molecule has 3 unspecified atom stereocenters. The van der Waals surface area contributed by atoms with E-state index in [9.17, 15) is 4.79 Å². The van der Waals surface area contributed by atoms with Crippen LogP contribution < -0.4 is 4.74 Å². The first kappa shape index (κ1) is 26.4. The number of methoxy groups -OCH3 is 1. The fraction of sp³-hybridized carbons (Fsp3) is 0.444. The molecule has 0 aliphatic heterocycles. The zero-order valence-electron chi connectivity index (χ0n) is 19.8. The standard InChI is InChI=1S/C27H38O4/c1-7-25(18-22(4)17-23(5)30-6)31-26-14-9-8-13-24(26)16-15-20(2)11-10-12-21(3)19-27(28)29/h8-16,19,22-23,25H,7,17-18H2,1-6H3,(H,28,29). The second-order valence-electron chi connectivity index (χ2n) is 8.14. The van der Waals surface area contributed by atoms with Crippen molar-refractivity contribution in [2.75, 3.05) is 7.11 Å². The smallest absolute Gasteiger partial charge is 0.328 e. The van der Waals surface area contributed by atoms with Crippen LogP contribution in [0.15, 0.2) is 65.8 Å². The van der Waals surface area contributed by atoms with E-state index in [2.05, 4.69) is 32.9 Å². The Balaban J connectivity index is 2.82. The minimum Gasteiger partial charge on any atom is -0.490 e. The molecule has 1 rings (SSSR count). The molecule has 1 aromatic rings. The summed E-state index contributed by atoms with van der Waals surface area (Å²) in [5, 5.41) is 8.75. The largest absolute Gasteiger partial charge is 0.490 e.